The Morgan fingerprint density at radius 3 is 2.22 bits per heavy atom. The minimum absolute atomic E-state index is 0.0431. The van der Waals surface area contributed by atoms with Gasteiger partial charge in [-0.15, -0.1) is 0 Å². The molecule has 0 radical (unpaired) electrons. The van der Waals surface area contributed by atoms with Gasteiger partial charge in [0.05, 0.1) is 0 Å². The largest absolute Gasteiger partial charge is 0.406 e. The maximum atomic E-state index is 4.23. The molecule has 0 amide bonds. The fraction of sp³-hybridized carbons (Fsp3) is 0. The minimum Gasteiger partial charge on any atom is -0.405 e. The Morgan fingerprint density at radius 1 is 0.739 bits per heavy atom. The van der Waals surface area contributed by atoms with E-state index in [1.165, 1.54) is 33.0 Å². The molecule has 108 valence electrons. The van der Waals surface area contributed by atoms with Crippen LogP contribution in [0.3, 0.4) is 0 Å². The van der Waals surface area contributed by atoms with Gasteiger partial charge >= 0.3 is 6.98 Å². The molecule has 5 rings (SSSR count). The summed E-state index contributed by atoms with van der Waals surface area (Å²) in [6, 6.07) is 21.2. The smallest absolute Gasteiger partial charge is 0.405 e. The van der Waals surface area contributed by atoms with Crippen LogP contribution in [0, 0.1) is 0 Å². The summed E-state index contributed by atoms with van der Waals surface area (Å²) in [7, 11) is 0. The molecule has 2 heterocycles. The van der Waals surface area contributed by atoms with E-state index in [1.54, 1.807) is 0 Å². The van der Waals surface area contributed by atoms with Crippen molar-refractivity contribution < 1.29 is 0 Å². The Kier molecular flexibility index (Phi) is 2.59. The molecule has 3 aromatic carbocycles. The van der Waals surface area contributed by atoms with E-state index in [9.17, 15) is 0 Å². The highest BCUT2D eigenvalue weighted by molar-refractivity contribution is 6.82. The first-order chi connectivity index (χ1) is 11.4. The van der Waals surface area contributed by atoms with Gasteiger partial charge in [0.25, 0.3) is 0 Å². The monoisotopic (exact) mass is 295 g/mol. The topological polar surface area (TPSA) is 37.0 Å². The van der Waals surface area contributed by atoms with E-state index in [0.717, 1.165) is 5.39 Å². The van der Waals surface area contributed by atoms with Crippen LogP contribution in [-0.4, -0.2) is 12.0 Å². The summed E-state index contributed by atoms with van der Waals surface area (Å²) in [6.07, 6.45) is 3.76. The molecule has 0 atom stereocenters. The number of hydrogen-bond acceptors (Lipinski definition) is 3. The lowest BCUT2D eigenvalue weighted by Crippen LogP contribution is -2.48. The SMILES string of the molecule is c1cc(B2Nc3cccc4cccc(c34)N2)c2ccncc2c1. The van der Waals surface area contributed by atoms with E-state index in [2.05, 4.69) is 76.1 Å². The molecule has 4 heteroatoms. The van der Waals surface area contributed by atoms with Crippen LogP contribution in [0.15, 0.2) is 73.1 Å². The molecule has 0 aliphatic carbocycles. The first-order valence-electron chi connectivity index (χ1n) is 7.78. The standard InChI is InChI=1S/C19H14BN3/c1-6-14-12-21-11-10-15(14)16(7-1)20-22-17-8-2-4-13-5-3-9-18(23-20)19(13)17/h1-12,22-23H. The van der Waals surface area contributed by atoms with Crippen molar-refractivity contribution in [1.82, 2.24) is 4.98 Å². The maximum Gasteiger partial charge on any atom is 0.406 e. The van der Waals surface area contributed by atoms with Gasteiger partial charge in [0.15, 0.2) is 0 Å². The molecular weight excluding hydrogens is 281 g/mol. The highest BCUT2D eigenvalue weighted by atomic mass is 15.0. The summed E-state index contributed by atoms with van der Waals surface area (Å²) in [5, 5.41) is 12.2. The molecule has 1 aromatic heterocycles. The Morgan fingerprint density at radius 2 is 1.43 bits per heavy atom. The zero-order valence-electron chi connectivity index (χ0n) is 12.5. The Bertz CT molecular complexity index is 999. The zero-order valence-corrected chi connectivity index (χ0v) is 12.5. The van der Waals surface area contributed by atoms with Crippen molar-refractivity contribution in [2.75, 3.05) is 10.5 Å². The van der Waals surface area contributed by atoms with E-state index in [0.29, 0.717) is 0 Å². The summed E-state index contributed by atoms with van der Waals surface area (Å²) in [6.45, 7) is 0.0431. The lowest BCUT2D eigenvalue weighted by molar-refractivity contribution is 1.37. The predicted molar refractivity (Wildman–Crippen MR) is 98.3 cm³/mol. The minimum atomic E-state index is 0.0431. The van der Waals surface area contributed by atoms with Gasteiger partial charge in [0.2, 0.25) is 0 Å². The van der Waals surface area contributed by atoms with Crippen LogP contribution in [0.1, 0.15) is 0 Å². The first-order valence-corrected chi connectivity index (χ1v) is 7.78. The average Bonchev–Trinajstić information content (AvgIpc) is 2.61. The van der Waals surface area contributed by atoms with Crippen molar-refractivity contribution in [1.29, 1.82) is 0 Å². The molecule has 1 aliphatic rings. The molecule has 2 N–H and O–H groups in total. The third kappa shape index (κ3) is 1.88. The van der Waals surface area contributed by atoms with Gasteiger partial charge in [0.1, 0.15) is 0 Å². The van der Waals surface area contributed by atoms with Crippen LogP contribution in [0.4, 0.5) is 11.4 Å². The van der Waals surface area contributed by atoms with E-state index in [1.807, 2.05) is 12.4 Å². The van der Waals surface area contributed by atoms with Gasteiger partial charge in [-0.3, -0.25) is 4.98 Å². The molecule has 3 nitrogen and oxygen atoms in total. The highest BCUT2D eigenvalue weighted by Gasteiger charge is 2.26. The zero-order chi connectivity index (χ0) is 15.2. The molecular formula is C19H14BN3. The van der Waals surface area contributed by atoms with Crippen LogP contribution in [-0.2, 0) is 0 Å². The summed E-state index contributed by atoms with van der Waals surface area (Å²) >= 11 is 0. The quantitative estimate of drug-likeness (QED) is 0.527. The van der Waals surface area contributed by atoms with Crippen molar-refractivity contribution in [3.05, 3.63) is 73.1 Å². The maximum absolute atomic E-state index is 4.23. The third-order valence-electron chi connectivity index (χ3n) is 4.53. The van der Waals surface area contributed by atoms with Gasteiger partial charge < -0.3 is 10.5 Å². The summed E-state index contributed by atoms with van der Waals surface area (Å²) in [5.74, 6) is 0. The lowest BCUT2D eigenvalue weighted by atomic mass is 9.64. The number of nitrogens with one attached hydrogen (secondary N) is 2. The molecule has 4 aromatic rings. The van der Waals surface area contributed by atoms with Crippen molar-refractivity contribution in [2.24, 2.45) is 0 Å². The van der Waals surface area contributed by atoms with E-state index in [4.69, 9.17) is 0 Å². The normalized spacial score (nSPS) is 13.0. The van der Waals surface area contributed by atoms with Crippen LogP contribution in [0.5, 0.6) is 0 Å². The van der Waals surface area contributed by atoms with Gasteiger partial charge in [-0.25, -0.2) is 0 Å². The highest BCUT2D eigenvalue weighted by Crippen LogP contribution is 2.34. The van der Waals surface area contributed by atoms with Gasteiger partial charge in [-0.2, -0.15) is 0 Å². The van der Waals surface area contributed by atoms with Gasteiger partial charge in [-0.1, -0.05) is 42.5 Å². The molecule has 0 saturated heterocycles. The van der Waals surface area contributed by atoms with Crippen molar-refractivity contribution in [3.8, 4) is 0 Å². The summed E-state index contributed by atoms with van der Waals surface area (Å²) in [4.78, 5) is 4.23. The predicted octanol–water partition coefficient (Wildman–Crippen LogP) is 3.62. The van der Waals surface area contributed by atoms with E-state index < -0.39 is 0 Å². The van der Waals surface area contributed by atoms with Crippen LogP contribution < -0.4 is 15.9 Å². The lowest BCUT2D eigenvalue weighted by Gasteiger charge is -2.27. The third-order valence-corrected chi connectivity index (χ3v) is 4.53. The molecule has 0 unspecified atom stereocenters. The number of hydrogen-bond donors (Lipinski definition) is 2. The molecule has 0 fully saturated rings. The Balaban J connectivity index is 1.69. The molecule has 0 saturated carbocycles. The number of rotatable bonds is 1. The fourth-order valence-electron chi connectivity index (χ4n) is 3.48. The second kappa shape index (κ2) is 4.75. The number of aromatic nitrogens is 1. The number of nitrogens with zero attached hydrogens (tertiary/aromatic N) is 1. The van der Waals surface area contributed by atoms with Crippen LogP contribution in [0.25, 0.3) is 21.5 Å². The van der Waals surface area contributed by atoms with Crippen LogP contribution in [0.2, 0.25) is 0 Å². The van der Waals surface area contributed by atoms with Gasteiger partial charge in [-0.05, 0) is 39.8 Å². The van der Waals surface area contributed by atoms with Crippen molar-refractivity contribution in [2.45, 2.75) is 0 Å². The van der Waals surface area contributed by atoms with Crippen molar-refractivity contribution in [3.63, 3.8) is 0 Å². The molecule has 1 aliphatic heterocycles. The Hall–Kier alpha value is -3.01. The molecule has 0 bridgehead atoms. The summed E-state index contributed by atoms with van der Waals surface area (Å²) in [5.41, 5.74) is 3.58. The average molecular weight is 295 g/mol. The van der Waals surface area contributed by atoms with E-state index in [-0.39, 0.29) is 6.98 Å². The van der Waals surface area contributed by atoms with E-state index >= 15 is 0 Å². The Labute approximate surface area is 134 Å². The van der Waals surface area contributed by atoms with Gasteiger partial charge in [0, 0.05) is 29.2 Å². The van der Waals surface area contributed by atoms with Crippen LogP contribution >= 0.6 is 0 Å². The van der Waals surface area contributed by atoms with Crippen molar-refractivity contribution >= 4 is 45.4 Å². The first kappa shape index (κ1) is 12.5. The number of fused-ring (bicyclic) bond motifs is 1. The number of anilines is 2. The fourth-order valence-corrected chi connectivity index (χ4v) is 3.48. The molecule has 23 heavy (non-hydrogen) atoms. The summed E-state index contributed by atoms with van der Waals surface area (Å²) < 4.78 is 0. The second-order valence-corrected chi connectivity index (χ2v) is 5.87. The number of benzene rings is 3. The molecule has 0 spiro atoms. The second-order valence-electron chi connectivity index (χ2n) is 5.87. The number of pyridine rings is 1.